The molecule has 7 heteroatoms. The first-order valence-electron chi connectivity index (χ1n) is 9.89. The van der Waals surface area contributed by atoms with E-state index in [4.69, 9.17) is 11.6 Å². The maximum absolute atomic E-state index is 12.6. The molecule has 0 radical (unpaired) electrons. The number of para-hydroxylation sites is 2. The van der Waals surface area contributed by atoms with Gasteiger partial charge in [0.25, 0.3) is 5.91 Å². The number of aromatic nitrogens is 2. The van der Waals surface area contributed by atoms with Gasteiger partial charge in [0, 0.05) is 17.1 Å². The summed E-state index contributed by atoms with van der Waals surface area (Å²) in [6, 6.07) is 24.0. The highest BCUT2D eigenvalue weighted by molar-refractivity contribution is 6.30. The van der Waals surface area contributed by atoms with Crippen LogP contribution in [-0.4, -0.2) is 21.4 Å². The molecule has 3 aromatic carbocycles. The number of benzene rings is 3. The zero-order valence-electron chi connectivity index (χ0n) is 16.7. The SMILES string of the molecule is O=C(Cn1c(CNC(=O)c2ccc(Cl)cc2)nc2ccccc21)NCc1ccccc1. The van der Waals surface area contributed by atoms with Crippen molar-refractivity contribution in [2.24, 2.45) is 0 Å². The predicted molar refractivity (Wildman–Crippen MR) is 121 cm³/mol. The summed E-state index contributed by atoms with van der Waals surface area (Å²) in [6.07, 6.45) is 0. The number of carbonyl (C=O) groups excluding carboxylic acids is 2. The number of imidazole rings is 1. The highest BCUT2D eigenvalue weighted by Gasteiger charge is 2.15. The van der Waals surface area contributed by atoms with E-state index in [-0.39, 0.29) is 24.9 Å². The van der Waals surface area contributed by atoms with E-state index >= 15 is 0 Å². The molecule has 156 valence electrons. The second-order valence-electron chi connectivity index (χ2n) is 7.05. The Morgan fingerprint density at radius 2 is 1.55 bits per heavy atom. The number of nitrogens with one attached hydrogen (secondary N) is 2. The van der Waals surface area contributed by atoms with Crippen molar-refractivity contribution >= 4 is 34.4 Å². The molecule has 4 rings (SSSR count). The molecule has 0 saturated heterocycles. The van der Waals surface area contributed by atoms with E-state index in [1.54, 1.807) is 24.3 Å². The Balaban J connectivity index is 1.48. The van der Waals surface area contributed by atoms with Gasteiger partial charge in [-0.05, 0) is 42.0 Å². The zero-order chi connectivity index (χ0) is 21.6. The van der Waals surface area contributed by atoms with Crippen molar-refractivity contribution in [3.8, 4) is 0 Å². The lowest BCUT2D eigenvalue weighted by Gasteiger charge is -2.11. The molecule has 4 aromatic rings. The van der Waals surface area contributed by atoms with Crippen molar-refractivity contribution in [3.63, 3.8) is 0 Å². The minimum atomic E-state index is -0.233. The fraction of sp³-hybridized carbons (Fsp3) is 0.125. The molecule has 2 N–H and O–H groups in total. The van der Waals surface area contributed by atoms with E-state index in [9.17, 15) is 9.59 Å². The van der Waals surface area contributed by atoms with Crippen LogP contribution in [0.3, 0.4) is 0 Å². The Bertz CT molecular complexity index is 1200. The predicted octanol–water partition coefficient (Wildman–Crippen LogP) is 3.94. The molecule has 1 heterocycles. The van der Waals surface area contributed by atoms with Gasteiger partial charge in [-0.3, -0.25) is 9.59 Å². The molecular formula is C24H21ClN4O2. The van der Waals surface area contributed by atoms with Crippen molar-refractivity contribution in [1.82, 2.24) is 20.2 Å². The standard InChI is InChI=1S/C24H21ClN4O2/c25-19-12-10-18(11-13-19)24(31)27-15-22-28-20-8-4-5-9-21(20)29(22)16-23(30)26-14-17-6-2-1-3-7-17/h1-13H,14-16H2,(H,26,30)(H,27,31). The smallest absolute Gasteiger partial charge is 0.251 e. The van der Waals surface area contributed by atoms with Crippen molar-refractivity contribution in [3.05, 3.63) is 101 Å². The van der Waals surface area contributed by atoms with Crippen LogP contribution in [0, 0.1) is 0 Å². The molecule has 0 unspecified atom stereocenters. The third-order valence-corrected chi connectivity index (χ3v) is 5.13. The molecule has 0 saturated carbocycles. The zero-order valence-corrected chi connectivity index (χ0v) is 17.5. The minimum absolute atomic E-state index is 0.111. The van der Waals surface area contributed by atoms with Gasteiger partial charge in [-0.15, -0.1) is 0 Å². The van der Waals surface area contributed by atoms with Crippen LogP contribution in [0.5, 0.6) is 0 Å². The monoisotopic (exact) mass is 432 g/mol. The fourth-order valence-corrected chi connectivity index (χ4v) is 3.42. The van der Waals surface area contributed by atoms with E-state index in [0.29, 0.717) is 23.0 Å². The molecule has 0 aliphatic heterocycles. The Hall–Kier alpha value is -3.64. The molecular weight excluding hydrogens is 412 g/mol. The van der Waals surface area contributed by atoms with Crippen LogP contribution in [0.15, 0.2) is 78.9 Å². The summed E-state index contributed by atoms with van der Waals surface area (Å²) in [5.74, 6) is 0.250. The highest BCUT2D eigenvalue weighted by Crippen LogP contribution is 2.16. The second-order valence-corrected chi connectivity index (χ2v) is 7.49. The minimum Gasteiger partial charge on any atom is -0.350 e. The number of carbonyl (C=O) groups is 2. The van der Waals surface area contributed by atoms with Crippen LogP contribution >= 0.6 is 11.6 Å². The topological polar surface area (TPSA) is 76.0 Å². The molecule has 0 aliphatic carbocycles. The first kappa shape index (κ1) is 20.6. The summed E-state index contributed by atoms with van der Waals surface area (Å²) in [7, 11) is 0. The van der Waals surface area contributed by atoms with Gasteiger partial charge in [0.15, 0.2) is 0 Å². The van der Waals surface area contributed by atoms with Crippen molar-refractivity contribution in [2.75, 3.05) is 0 Å². The summed E-state index contributed by atoms with van der Waals surface area (Å²) < 4.78 is 1.83. The van der Waals surface area contributed by atoms with Crippen LogP contribution in [-0.2, 0) is 24.4 Å². The van der Waals surface area contributed by atoms with E-state index in [1.165, 1.54) is 0 Å². The number of rotatable bonds is 7. The van der Waals surface area contributed by atoms with E-state index in [0.717, 1.165) is 16.6 Å². The van der Waals surface area contributed by atoms with Crippen LogP contribution in [0.1, 0.15) is 21.7 Å². The van der Waals surface area contributed by atoms with E-state index in [2.05, 4.69) is 15.6 Å². The van der Waals surface area contributed by atoms with Crippen LogP contribution in [0.2, 0.25) is 5.02 Å². The summed E-state index contributed by atoms with van der Waals surface area (Å²) >= 11 is 5.89. The first-order chi connectivity index (χ1) is 15.1. The van der Waals surface area contributed by atoms with E-state index in [1.807, 2.05) is 59.2 Å². The number of halogens is 1. The fourth-order valence-electron chi connectivity index (χ4n) is 3.30. The molecule has 0 bridgehead atoms. The average Bonchev–Trinajstić information content (AvgIpc) is 3.14. The normalized spacial score (nSPS) is 10.7. The van der Waals surface area contributed by atoms with Gasteiger partial charge < -0.3 is 15.2 Å². The van der Waals surface area contributed by atoms with Crippen molar-refractivity contribution in [1.29, 1.82) is 0 Å². The quantitative estimate of drug-likeness (QED) is 0.464. The lowest BCUT2D eigenvalue weighted by molar-refractivity contribution is -0.121. The van der Waals surface area contributed by atoms with Crippen LogP contribution in [0.25, 0.3) is 11.0 Å². The summed E-state index contributed by atoms with van der Waals surface area (Å²) in [5.41, 5.74) is 3.15. The number of nitrogens with zero attached hydrogens (tertiary/aromatic N) is 2. The summed E-state index contributed by atoms with van der Waals surface area (Å²) in [5, 5.41) is 6.38. The van der Waals surface area contributed by atoms with Gasteiger partial charge in [0.05, 0.1) is 17.6 Å². The number of fused-ring (bicyclic) bond motifs is 1. The van der Waals surface area contributed by atoms with Crippen LogP contribution < -0.4 is 10.6 Å². The summed E-state index contributed by atoms with van der Waals surface area (Å²) in [6.45, 7) is 0.760. The van der Waals surface area contributed by atoms with Gasteiger partial charge in [-0.25, -0.2) is 4.98 Å². The molecule has 31 heavy (non-hydrogen) atoms. The van der Waals surface area contributed by atoms with E-state index < -0.39 is 0 Å². The molecule has 6 nitrogen and oxygen atoms in total. The third kappa shape index (κ3) is 5.10. The molecule has 0 atom stereocenters. The average molecular weight is 433 g/mol. The molecule has 0 aliphatic rings. The number of hydrogen-bond donors (Lipinski definition) is 2. The lowest BCUT2D eigenvalue weighted by atomic mass is 10.2. The maximum Gasteiger partial charge on any atom is 0.251 e. The van der Waals surface area contributed by atoms with Gasteiger partial charge in [-0.2, -0.15) is 0 Å². The molecule has 0 spiro atoms. The number of amides is 2. The summed E-state index contributed by atoms with van der Waals surface area (Å²) in [4.78, 5) is 29.7. The largest absolute Gasteiger partial charge is 0.350 e. The van der Waals surface area contributed by atoms with Crippen molar-refractivity contribution < 1.29 is 9.59 Å². The Labute approximate surface area is 184 Å². The van der Waals surface area contributed by atoms with Gasteiger partial charge in [0.1, 0.15) is 12.4 Å². The maximum atomic E-state index is 12.6. The number of hydrogen-bond acceptors (Lipinski definition) is 3. The first-order valence-corrected chi connectivity index (χ1v) is 10.3. The molecule has 1 aromatic heterocycles. The van der Waals surface area contributed by atoms with Gasteiger partial charge >= 0.3 is 0 Å². The third-order valence-electron chi connectivity index (χ3n) is 4.88. The highest BCUT2D eigenvalue weighted by atomic mass is 35.5. The Kier molecular flexibility index (Phi) is 6.29. The Morgan fingerprint density at radius 1 is 0.839 bits per heavy atom. The molecule has 0 fully saturated rings. The Morgan fingerprint density at radius 3 is 2.32 bits per heavy atom. The van der Waals surface area contributed by atoms with Gasteiger partial charge in [-0.1, -0.05) is 54.1 Å². The van der Waals surface area contributed by atoms with Crippen LogP contribution in [0.4, 0.5) is 0 Å². The molecule has 2 amide bonds. The lowest BCUT2D eigenvalue weighted by Crippen LogP contribution is -2.29. The second kappa shape index (κ2) is 9.45. The van der Waals surface area contributed by atoms with Gasteiger partial charge in [0.2, 0.25) is 5.91 Å². The van der Waals surface area contributed by atoms with Crippen molar-refractivity contribution in [2.45, 2.75) is 19.6 Å².